The number of hydrogen-bond acceptors (Lipinski definition) is 6. The molecule has 1 fully saturated rings. The molecule has 0 aliphatic carbocycles. The molecule has 0 aromatic heterocycles. The van der Waals surface area contributed by atoms with Crippen molar-refractivity contribution in [1.82, 2.24) is 5.06 Å². The fourth-order valence-corrected chi connectivity index (χ4v) is 4.85. The Morgan fingerprint density at radius 3 is 2.71 bits per heavy atom. The van der Waals surface area contributed by atoms with Gasteiger partial charge in [-0.05, 0) is 47.6 Å². The Labute approximate surface area is 184 Å². The highest BCUT2D eigenvalue weighted by atomic mass is 16.7. The van der Waals surface area contributed by atoms with E-state index in [0.717, 1.165) is 36.3 Å². The average molecular weight is 422 g/mol. The molecule has 3 unspecified atom stereocenters. The maximum atomic E-state index is 6.49. The van der Waals surface area contributed by atoms with Crippen molar-refractivity contribution in [3.05, 3.63) is 53.6 Å². The van der Waals surface area contributed by atoms with Gasteiger partial charge in [0, 0.05) is 26.0 Å². The summed E-state index contributed by atoms with van der Waals surface area (Å²) in [6.07, 6.45) is 2.74. The topological polar surface area (TPSA) is 69.3 Å². The van der Waals surface area contributed by atoms with Gasteiger partial charge in [-0.25, -0.2) is 14.9 Å². The van der Waals surface area contributed by atoms with E-state index in [1.807, 2.05) is 0 Å². The van der Waals surface area contributed by atoms with Crippen molar-refractivity contribution >= 4 is 5.96 Å². The zero-order valence-electron chi connectivity index (χ0n) is 18.5. The average Bonchev–Trinajstić information content (AvgIpc) is 3.07. The third kappa shape index (κ3) is 3.68. The summed E-state index contributed by atoms with van der Waals surface area (Å²) in [6, 6.07) is 15.0. The zero-order chi connectivity index (χ0) is 21.6. The number of hydrogen-bond donors (Lipinski definition) is 1. The smallest absolute Gasteiger partial charge is 0.221 e. The van der Waals surface area contributed by atoms with E-state index in [1.165, 1.54) is 11.1 Å². The van der Waals surface area contributed by atoms with E-state index in [4.69, 9.17) is 25.0 Å². The van der Waals surface area contributed by atoms with Gasteiger partial charge >= 0.3 is 0 Å². The summed E-state index contributed by atoms with van der Waals surface area (Å²) in [5.41, 5.74) is 9.84. The van der Waals surface area contributed by atoms with Crippen LogP contribution in [0.15, 0.2) is 47.5 Å². The molecule has 1 saturated heterocycles. The molecular formula is C25H31N3O3. The monoisotopic (exact) mass is 421 g/mol. The fraction of sp³-hybridized carbons (Fsp3) is 0.480. The van der Waals surface area contributed by atoms with Gasteiger partial charge in [-0.2, -0.15) is 0 Å². The van der Waals surface area contributed by atoms with Crippen molar-refractivity contribution in [2.24, 2.45) is 16.6 Å². The zero-order valence-corrected chi connectivity index (χ0v) is 18.5. The van der Waals surface area contributed by atoms with Crippen molar-refractivity contribution in [2.45, 2.75) is 50.9 Å². The van der Waals surface area contributed by atoms with Gasteiger partial charge in [0.2, 0.25) is 11.7 Å². The largest absolute Gasteiger partial charge is 0.489 e. The molecule has 0 saturated carbocycles. The maximum absolute atomic E-state index is 6.49. The van der Waals surface area contributed by atoms with E-state index in [9.17, 15) is 0 Å². The van der Waals surface area contributed by atoms with Gasteiger partial charge in [-0.15, -0.1) is 0 Å². The van der Waals surface area contributed by atoms with Crippen LogP contribution in [0.25, 0.3) is 11.1 Å². The Kier molecular flexibility index (Phi) is 5.15. The molecule has 3 atom stereocenters. The SMILES string of the molecule is CC(C)c1cccc(-c2ccc3c(c2)C2(CC(C4CCCOC4)O3)N=C(N)N(C)O2)c1. The molecule has 164 valence electrons. The minimum absolute atomic E-state index is 0.0223. The van der Waals surface area contributed by atoms with Gasteiger partial charge in [0.05, 0.1) is 12.2 Å². The first kappa shape index (κ1) is 20.3. The Balaban J connectivity index is 1.56. The molecule has 0 bridgehead atoms. The summed E-state index contributed by atoms with van der Waals surface area (Å²) in [5, 5.41) is 1.57. The number of hydroxylamine groups is 2. The number of nitrogens with zero attached hydrogens (tertiary/aromatic N) is 2. The van der Waals surface area contributed by atoms with E-state index in [0.29, 0.717) is 30.8 Å². The Morgan fingerprint density at radius 1 is 1.16 bits per heavy atom. The summed E-state index contributed by atoms with van der Waals surface area (Å²) in [6.45, 7) is 5.96. The van der Waals surface area contributed by atoms with Gasteiger partial charge < -0.3 is 15.2 Å². The highest BCUT2D eigenvalue weighted by Crippen LogP contribution is 2.49. The molecule has 6 nitrogen and oxygen atoms in total. The molecule has 2 aromatic carbocycles. The van der Waals surface area contributed by atoms with Crippen molar-refractivity contribution in [3.63, 3.8) is 0 Å². The molecular weight excluding hydrogens is 390 g/mol. The summed E-state index contributed by atoms with van der Waals surface area (Å²) in [4.78, 5) is 11.1. The number of guanidine groups is 1. The second-order valence-electron chi connectivity index (χ2n) is 9.17. The van der Waals surface area contributed by atoms with Gasteiger partial charge in [-0.3, -0.25) is 0 Å². The van der Waals surface area contributed by atoms with E-state index in [-0.39, 0.29) is 6.10 Å². The summed E-state index contributed by atoms with van der Waals surface area (Å²) < 4.78 is 12.2. The van der Waals surface area contributed by atoms with E-state index >= 15 is 0 Å². The Morgan fingerprint density at radius 2 is 2.00 bits per heavy atom. The second kappa shape index (κ2) is 7.84. The lowest BCUT2D eigenvalue weighted by atomic mass is 9.84. The number of aliphatic imine (C=N–C) groups is 1. The van der Waals surface area contributed by atoms with Gasteiger partial charge in [0.1, 0.15) is 11.9 Å². The number of rotatable bonds is 3. The van der Waals surface area contributed by atoms with E-state index < -0.39 is 5.72 Å². The molecule has 31 heavy (non-hydrogen) atoms. The van der Waals surface area contributed by atoms with E-state index in [2.05, 4.69) is 56.3 Å². The fourth-order valence-electron chi connectivity index (χ4n) is 4.85. The predicted octanol–water partition coefficient (Wildman–Crippen LogP) is 4.40. The summed E-state index contributed by atoms with van der Waals surface area (Å²) in [7, 11) is 1.80. The molecule has 3 heterocycles. The highest BCUT2D eigenvalue weighted by molar-refractivity contribution is 5.79. The summed E-state index contributed by atoms with van der Waals surface area (Å²) in [5.74, 6) is 2.00. The Hall–Kier alpha value is -2.57. The first-order valence-corrected chi connectivity index (χ1v) is 11.2. The van der Waals surface area contributed by atoms with Crippen LogP contribution < -0.4 is 10.5 Å². The van der Waals surface area contributed by atoms with E-state index in [1.54, 1.807) is 12.1 Å². The number of benzene rings is 2. The maximum Gasteiger partial charge on any atom is 0.221 e. The van der Waals surface area contributed by atoms with Crippen molar-refractivity contribution in [1.29, 1.82) is 0 Å². The number of fused-ring (bicyclic) bond motifs is 2. The predicted molar refractivity (Wildman–Crippen MR) is 121 cm³/mol. The molecule has 2 N–H and O–H groups in total. The first-order chi connectivity index (χ1) is 14.9. The third-order valence-corrected chi connectivity index (χ3v) is 6.67. The van der Waals surface area contributed by atoms with Crippen molar-refractivity contribution in [2.75, 3.05) is 20.3 Å². The van der Waals surface area contributed by atoms with Crippen LogP contribution in [0.5, 0.6) is 5.75 Å². The van der Waals surface area contributed by atoms with Crippen LogP contribution in [-0.2, 0) is 15.3 Å². The van der Waals surface area contributed by atoms with Crippen LogP contribution in [0.1, 0.15) is 50.2 Å². The van der Waals surface area contributed by atoms with Crippen LogP contribution in [0.3, 0.4) is 0 Å². The standard InChI is InChI=1S/C25H31N3O3/c1-16(2)17-6-4-7-18(12-17)19-9-10-22-21(13-19)25(27-24(26)28(3)31-25)14-23(30-22)20-8-5-11-29-15-20/h4,6-7,9-10,12-13,16,20,23H,5,8,11,14-15H2,1-3H3,(H2,26,27). The number of nitrogens with two attached hydrogens (primary N) is 1. The van der Waals surface area contributed by atoms with Crippen molar-refractivity contribution < 1.29 is 14.3 Å². The lowest BCUT2D eigenvalue weighted by Crippen LogP contribution is -2.44. The third-order valence-electron chi connectivity index (χ3n) is 6.67. The van der Waals surface area contributed by atoms with Gasteiger partial charge in [0.25, 0.3) is 0 Å². The molecule has 0 amide bonds. The molecule has 3 aliphatic heterocycles. The molecule has 5 rings (SSSR count). The number of ether oxygens (including phenoxy) is 2. The quantitative estimate of drug-likeness (QED) is 0.796. The lowest BCUT2D eigenvalue weighted by molar-refractivity contribution is -0.196. The van der Waals surface area contributed by atoms with Crippen molar-refractivity contribution in [3.8, 4) is 16.9 Å². The molecule has 2 aromatic rings. The normalized spacial score (nSPS) is 27.9. The molecule has 0 radical (unpaired) electrons. The van der Waals surface area contributed by atoms with Gasteiger partial charge in [0.15, 0.2) is 0 Å². The van der Waals surface area contributed by atoms with Gasteiger partial charge in [-0.1, -0.05) is 44.2 Å². The van der Waals surface area contributed by atoms with Crippen LogP contribution in [-0.4, -0.2) is 37.4 Å². The summed E-state index contributed by atoms with van der Waals surface area (Å²) >= 11 is 0. The molecule has 6 heteroatoms. The second-order valence-corrected chi connectivity index (χ2v) is 9.17. The Bertz CT molecular complexity index is 999. The van der Waals surface area contributed by atoms with Crippen LogP contribution in [0, 0.1) is 5.92 Å². The highest BCUT2D eigenvalue weighted by Gasteiger charge is 2.50. The lowest BCUT2D eigenvalue weighted by Gasteiger charge is -2.41. The van der Waals surface area contributed by atoms with Crippen LogP contribution >= 0.6 is 0 Å². The first-order valence-electron chi connectivity index (χ1n) is 11.2. The molecule has 1 spiro atoms. The molecule has 3 aliphatic rings. The minimum atomic E-state index is -0.861. The minimum Gasteiger partial charge on any atom is -0.489 e. The van der Waals surface area contributed by atoms with Crippen LogP contribution in [0.4, 0.5) is 0 Å². The van der Waals surface area contributed by atoms with Crippen LogP contribution in [0.2, 0.25) is 0 Å².